The summed E-state index contributed by atoms with van der Waals surface area (Å²) in [5, 5.41) is 0. The number of fused-ring (bicyclic) bond motifs is 1. The van der Waals surface area contributed by atoms with Crippen LogP contribution in [0.5, 0.6) is 0 Å². The summed E-state index contributed by atoms with van der Waals surface area (Å²) in [6.07, 6.45) is 8.17. The van der Waals surface area contributed by atoms with Crippen molar-refractivity contribution in [3.05, 3.63) is 35.2 Å². The molecule has 2 heteroatoms. The van der Waals surface area contributed by atoms with Crippen molar-refractivity contribution in [2.75, 3.05) is 13.2 Å². The number of aryl methyl sites for hydroxylation is 2. The van der Waals surface area contributed by atoms with Gasteiger partial charge in [-0.3, -0.25) is 4.98 Å². The number of pyridine rings is 1. The second-order valence-corrected chi connectivity index (χ2v) is 4.56. The fourth-order valence-corrected chi connectivity index (χ4v) is 2.52. The minimum atomic E-state index is 0.744. The number of aromatic nitrogens is 1. The summed E-state index contributed by atoms with van der Waals surface area (Å²) in [6, 6.07) is 4.45. The van der Waals surface area contributed by atoms with E-state index in [2.05, 4.69) is 18.2 Å². The molecule has 0 aromatic carbocycles. The Morgan fingerprint density at radius 1 is 1.06 bits per heavy atom. The highest BCUT2D eigenvalue weighted by atomic mass is 16.5. The van der Waals surface area contributed by atoms with Crippen LogP contribution in [0, 0.1) is 0 Å². The standard InChI is InChI=1S/C14H17NO/c1-2-4-13-11(3-1)5-6-14(15-13)12-7-9-16-10-8-12/h5-7H,1-4,8-10H2. The molecule has 0 bridgehead atoms. The zero-order valence-electron chi connectivity index (χ0n) is 9.54. The molecule has 2 heterocycles. The molecule has 0 unspecified atom stereocenters. The van der Waals surface area contributed by atoms with Gasteiger partial charge in [0.15, 0.2) is 0 Å². The molecule has 3 rings (SSSR count). The van der Waals surface area contributed by atoms with Crippen molar-refractivity contribution >= 4 is 5.57 Å². The Balaban J connectivity index is 1.93. The third-order valence-corrected chi connectivity index (χ3v) is 3.47. The SMILES string of the molecule is C1=C(c2ccc3c(n2)CCCC3)CCOC1. The zero-order chi connectivity index (χ0) is 10.8. The van der Waals surface area contributed by atoms with Crippen LogP contribution in [0.4, 0.5) is 0 Å². The molecule has 16 heavy (non-hydrogen) atoms. The first-order chi connectivity index (χ1) is 7.93. The summed E-state index contributed by atoms with van der Waals surface area (Å²) >= 11 is 0. The van der Waals surface area contributed by atoms with Gasteiger partial charge in [-0.05, 0) is 49.3 Å². The Labute approximate surface area is 96.3 Å². The first kappa shape index (κ1) is 10.0. The topological polar surface area (TPSA) is 22.1 Å². The first-order valence-corrected chi connectivity index (χ1v) is 6.19. The molecular formula is C14H17NO. The molecule has 84 valence electrons. The third-order valence-electron chi connectivity index (χ3n) is 3.47. The maximum atomic E-state index is 5.33. The lowest BCUT2D eigenvalue weighted by Gasteiger charge is -2.18. The summed E-state index contributed by atoms with van der Waals surface area (Å²) < 4.78 is 5.33. The van der Waals surface area contributed by atoms with Crippen LogP contribution < -0.4 is 0 Å². The average Bonchev–Trinajstić information content (AvgIpc) is 2.39. The third kappa shape index (κ3) is 1.90. The van der Waals surface area contributed by atoms with E-state index in [4.69, 9.17) is 9.72 Å². The second-order valence-electron chi connectivity index (χ2n) is 4.56. The van der Waals surface area contributed by atoms with Gasteiger partial charge in [0.2, 0.25) is 0 Å². The van der Waals surface area contributed by atoms with Crippen LogP contribution in [0.2, 0.25) is 0 Å². The van der Waals surface area contributed by atoms with Crippen molar-refractivity contribution in [2.24, 2.45) is 0 Å². The van der Waals surface area contributed by atoms with E-state index in [1.807, 2.05) is 0 Å². The summed E-state index contributed by atoms with van der Waals surface area (Å²) in [5.41, 5.74) is 5.32. The van der Waals surface area contributed by atoms with Crippen molar-refractivity contribution in [1.29, 1.82) is 0 Å². The Morgan fingerprint density at radius 3 is 2.88 bits per heavy atom. The largest absolute Gasteiger partial charge is 0.377 e. The van der Waals surface area contributed by atoms with Crippen molar-refractivity contribution in [3.63, 3.8) is 0 Å². The molecule has 0 spiro atoms. The minimum Gasteiger partial charge on any atom is -0.377 e. The number of hydrogen-bond acceptors (Lipinski definition) is 2. The average molecular weight is 215 g/mol. The quantitative estimate of drug-likeness (QED) is 0.718. The van der Waals surface area contributed by atoms with Gasteiger partial charge in [0.25, 0.3) is 0 Å². The van der Waals surface area contributed by atoms with Gasteiger partial charge in [0.05, 0.1) is 18.9 Å². The predicted octanol–water partition coefficient (Wildman–Crippen LogP) is 2.76. The Kier molecular flexibility index (Phi) is 2.75. The maximum absolute atomic E-state index is 5.33. The molecule has 0 atom stereocenters. The molecule has 0 fully saturated rings. The van der Waals surface area contributed by atoms with Crippen molar-refractivity contribution in [3.8, 4) is 0 Å². The molecule has 0 N–H and O–H groups in total. The molecule has 2 aliphatic rings. The minimum absolute atomic E-state index is 0.744. The van der Waals surface area contributed by atoms with Gasteiger partial charge >= 0.3 is 0 Å². The molecule has 0 amide bonds. The van der Waals surface area contributed by atoms with Crippen LogP contribution in [0.15, 0.2) is 18.2 Å². The van der Waals surface area contributed by atoms with E-state index in [1.54, 1.807) is 0 Å². The van der Waals surface area contributed by atoms with Crippen molar-refractivity contribution < 1.29 is 4.74 Å². The van der Waals surface area contributed by atoms with Gasteiger partial charge in [-0.1, -0.05) is 12.1 Å². The number of ether oxygens (including phenoxy) is 1. The summed E-state index contributed by atoms with van der Waals surface area (Å²) in [7, 11) is 0. The van der Waals surface area contributed by atoms with E-state index in [0.717, 1.165) is 26.1 Å². The summed E-state index contributed by atoms with van der Waals surface area (Å²) in [5.74, 6) is 0. The van der Waals surface area contributed by atoms with E-state index >= 15 is 0 Å². The van der Waals surface area contributed by atoms with Crippen LogP contribution in [-0.4, -0.2) is 18.2 Å². The van der Waals surface area contributed by atoms with Gasteiger partial charge in [-0.2, -0.15) is 0 Å². The molecule has 1 aliphatic heterocycles. The van der Waals surface area contributed by atoms with Crippen LogP contribution in [0.25, 0.3) is 5.57 Å². The summed E-state index contributed by atoms with van der Waals surface area (Å²) in [6.45, 7) is 1.58. The monoisotopic (exact) mass is 215 g/mol. The fourth-order valence-electron chi connectivity index (χ4n) is 2.52. The maximum Gasteiger partial charge on any atom is 0.0663 e. The number of hydrogen-bond donors (Lipinski definition) is 0. The molecule has 1 aromatic heterocycles. The predicted molar refractivity (Wildman–Crippen MR) is 64.3 cm³/mol. The highest BCUT2D eigenvalue weighted by Crippen LogP contribution is 2.24. The lowest BCUT2D eigenvalue weighted by molar-refractivity contribution is 0.161. The molecular weight excluding hydrogens is 198 g/mol. The molecule has 0 saturated carbocycles. The van der Waals surface area contributed by atoms with Crippen LogP contribution >= 0.6 is 0 Å². The Bertz CT molecular complexity index is 423. The smallest absolute Gasteiger partial charge is 0.0663 e. The highest BCUT2D eigenvalue weighted by Gasteiger charge is 2.13. The van der Waals surface area contributed by atoms with Crippen molar-refractivity contribution in [2.45, 2.75) is 32.1 Å². The lowest BCUT2D eigenvalue weighted by atomic mass is 9.95. The molecule has 2 nitrogen and oxygen atoms in total. The number of rotatable bonds is 1. The molecule has 0 saturated heterocycles. The van der Waals surface area contributed by atoms with Gasteiger partial charge in [-0.15, -0.1) is 0 Å². The Morgan fingerprint density at radius 2 is 2.00 bits per heavy atom. The van der Waals surface area contributed by atoms with E-state index in [-0.39, 0.29) is 0 Å². The fraction of sp³-hybridized carbons (Fsp3) is 0.500. The lowest BCUT2D eigenvalue weighted by Crippen LogP contribution is -2.09. The van der Waals surface area contributed by atoms with Crippen LogP contribution in [0.1, 0.15) is 36.2 Å². The van der Waals surface area contributed by atoms with Gasteiger partial charge < -0.3 is 4.74 Å². The molecule has 1 aliphatic carbocycles. The van der Waals surface area contributed by atoms with Crippen molar-refractivity contribution in [1.82, 2.24) is 4.98 Å². The molecule has 1 aromatic rings. The molecule has 0 radical (unpaired) electrons. The van der Waals surface area contributed by atoms with E-state index in [0.29, 0.717) is 0 Å². The summed E-state index contributed by atoms with van der Waals surface area (Å²) in [4.78, 5) is 4.81. The zero-order valence-corrected chi connectivity index (χ0v) is 9.54. The van der Waals surface area contributed by atoms with E-state index < -0.39 is 0 Å². The van der Waals surface area contributed by atoms with E-state index in [1.165, 1.54) is 41.8 Å². The second kappa shape index (κ2) is 4.38. The normalized spacial score (nSPS) is 20.1. The number of nitrogens with zero attached hydrogens (tertiary/aromatic N) is 1. The van der Waals surface area contributed by atoms with Gasteiger partial charge in [-0.25, -0.2) is 0 Å². The highest BCUT2D eigenvalue weighted by molar-refractivity contribution is 5.63. The van der Waals surface area contributed by atoms with Crippen LogP contribution in [0.3, 0.4) is 0 Å². The van der Waals surface area contributed by atoms with Crippen LogP contribution in [-0.2, 0) is 17.6 Å². The first-order valence-electron chi connectivity index (χ1n) is 6.19. The van der Waals surface area contributed by atoms with E-state index in [9.17, 15) is 0 Å². The van der Waals surface area contributed by atoms with Gasteiger partial charge in [0.1, 0.15) is 0 Å². The van der Waals surface area contributed by atoms with Gasteiger partial charge in [0, 0.05) is 5.69 Å². The Hall–Kier alpha value is -1.15.